The summed E-state index contributed by atoms with van der Waals surface area (Å²) < 4.78 is 7.99. The van der Waals surface area contributed by atoms with Crippen LogP contribution in [-0.4, -0.2) is 64.3 Å². The Bertz CT molecular complexity index is 743. The zero-order valence-electron chi connectivity index (χ0n) is 16.8. The Labute approximate surface area is 161 Å². The van der Waals surface area contributed by atoms with Crippen LogP contribution in [0.15, 0.2) is 18.5 Å². The highest BCUT2D eigenvalue weighted by molar-refractivity contribution is 5.46. The van der Waals surface area contributed by atoms with Gasteiger partial charge in [0.15, 0.2) is 0 Å². The lowest BCUT2D eigenvalue weighted by Gasteiger charge is -2.33. The van der Waals surface area contributed by atoms with Gasteiger partial charge in [0.05, 0.1) is 6.10 Å². The lowest BCUT2D eigenvalue weighted by atomic mass is 9.97. The quantitative estimate of drug-likeness (QED) is 0.794. The summed E-state index contributed by atoms with van der Waals surface area (Å²) in [5.41, 5.74) is 5.91. The van der Waals surface area contributed by atoms with Gasteiger partial charge in [-0.25, -0.2) is 4.98 Å². The molecule has 1 aliphatic rings. The lowest BCUT2D eigenvalue weighted by molar-refractivity contribution is 0.232. The Morgan fingerprint density at radius 3 is 2.89 bits per heavy atom. The molecule has 0 aromatic carbocycles. The third-order valence-corrected chi connectivity index (χ3v) is 4.71. The fourth-order valence-corrected chi connectivity index (χ4v) is 3.47. The number of imidazole rings is 1. The zero-order valence-corrected chi connectivity index (χ0v) is 16.8. The van der Waals surface area contributed by atoms with Crippen LogP contribution in [0.5, 0.6) is 5.88 Å². The molecule has 2 aromatic rings. The molecule has 0 amide bonds. The first-order valence-corrected chi connectivity index (χ1v) is 9.64. The summed E-state index contributed by atoms with van der Waals surface area (Å²) in [6.45, 7) is 7.72. The van der Waals surface area contributed by atoms with Crippen LogP contribution < -0.4 is 15.4 Å². The topological polar surface area (TPSA) is 85.3 Å². The number of rotatable bonds is 7. The average molecular weight is 374 g/mol. The van der Waals surface area contributed by atoms with Gasteiger partial charge < -0.3 is 24.8 Å². The fourth-order valence-electron chi connectivity index (χ4n) is 3.47. The van der Waals surface area contributed by atoms with Crippen LogP contribution in [0.3, 0.4) is 0 Å². The predicted octanol–water partition coefficient (Wildman–Crippen LogP) is 1.99. The standard InChI is InChI=1S/C19H31N7O/c1-14(2)27-17-12-16(22-19(20)23-17)26-8-5-6-15(13-26)18-21-7-9-25(18)11-10-24(3)4/h7,9,12,14-15H,5-6,8,10-11,13H2,1-4H3,(H2,20,22,23)/t15-/m1/s1. The number of piperidine rings is 1. The molecule has 1 saturated heterocycles. The van der Waals surface area contributed by atoms with Crippen molar-refractivity contribution in [3.63, 3.8) is 0 Å². The summed E-state index contributed by atoms with van der Waals surface area (Å²) in [4.78, 5) is 17.7. The van der Waals surface area contributed by atoms with Crippen LogP contribution in [0.2, 0.25) is 0 Å². The predicted molar refractivity (Wildman–Crippen MR) is 107 cm³/mol. The normalized spacial score (nSPS) is 17.7. The first-order valence-electron chi connectivity index (χ1n) is 9.64. The molecule has 2 N–H and O–H groups in total. The van der Waals surface area contributed by atoms with E-state index in [9.17, 15) is 0 Å². The third-order valence-electron chi connectivity index (χ3n) is 4.71. The van der Waals surface area contributed by atoms with Crippen molar-refractivity contribution in [2.45, 2.75) is 45.3 Å². The maximum Gasteiger partial charge on any atom is 0.225 e. The molecule has 0 spiro atoms. The molecule has 27 heavy (non-hydrogen) atoms. The molecule has 8 heteroatoms. The highest BCUT2D eigenvalue weighted by Crippen LogP contribution is 2.30. The lowest BCUT2D eigenvalue weighted by Crippen LogP contribution is -2.36. The second-order valence-electron chi connectivity index (χ2n) is 7.66. The van der Waals surface area contributed by atoms with Crippen LogP contribution in [-0.2, 0) is 6.54 Å². The minimum atomic E-state index is 0.0467. The van der Waals surface area contributed by atoms with Gasteiger partial charge >= 0.3 is 0 Å². The molecule has 3 heterocycles. The molecule has 1 fully saturated rings. The number of hydrogen-bond acceptors (Lipinski definition) is 7. The molecule has 1 atom stereocenters. The fraction of sp³-hybridized carbons (Fsp3) is 0.632. The van der Waals surface area contributed by atoms with Crippen molar-refractivity contribution >= 4 is 11.8 Å². The smallest absolute Gasteiger partial charge is 0.225 e. The second kappa shape index (κ2) is 8.56. The highest BCUT2D eigenvalue weighted by Gasteiger charge is 2.26. The van der Waals surface area contributed by atoms with Crippen LogP contribution in [0.1, 0.15) is 38.4 Å². The second-order valence-corrected chi connectivity index (χ2v) is 7.66. The molecule has 148 valence electrons. The minimum absolute atomic E-state index is 0.0467. The Morgan fingerprint density at radius 1 is 1.33 bits per heavy atom. The van der Waals surface area contributed by atoms with Gasteiger partial charge in [-0.1, -0.05) is 0 Å². The Kier molecular flexibility index (Phi) is 6.15. The first-order chi connectivity index (χ1) is 12.9. The van der Waals surface area contributed by atoms with Gasteiger partial charge in [-0.15, -0.1) is 0 Å². The van der Waals surface area contributed by atoms with E-state index in [1.54, 1.807) is 0 Å². The Hall–Kier alpha value is -2.35. The van der Waals surface area contributed by atoms with E-state index in [2.05, 4.69) is 49.6 Å². The van der Waals surface area contributed by atoms with E-state index in [-0.39, 0.29) is 12.1 Å². The van der Waals surface area contributed by atoms with E-state index in [1.165, 1.54) is 0 Å². The summed E-state index contributed by atoms with van der Waals surface area (Å²) in [5.74, 6) is 3.14. The van der Waals surface area contributed by atoms with Crippen LogP contribution in [0.4, 0.5) is 11.8 Å². The monoisotopic (exact) mass is 373 g/mol. The third kappa shape index (κ3) is 5.09. The average Bonchev–Trinajstić information content (AvgIpc) is 3.07. The van der Waals surface area contributed by atoms with Crippen molar-refractivity contribution in [1.29, 1.82) is 0 Å². The molecule has 0 aliphatic carbocycles. The summed E-state index contributed by atoms with van der Waals surface area (Å²) in [6.07, 6.45) is 6.25. The van der Waals surface area contributed by atoms with Crippen molar-refractivity contribution in [3.8, 4) is 5.88 Å². The van der Waals surface area contributed by atoms with E-state index in [0.29, 0.717) is 11.8 Å². The van der Waals surface area contributed by atoms with Gasteiger partial charge in [-0.3, -0.25) is 0 Å². The van der Waals surface area contributed by atoms with Gasteiger partial charge in [0.25, 0.3) is 0 Å². The van der Waals surface area contributed by atoms with E-state index < -0.39 is 0 Å². The minimum Gasteiger partial charge on any atom is -0.475 e. The maximum atomic E-state index is 5.91. The van der Waals surface area contributed by atoms with Gasteiger partial charge in [-0.2, -0.15) is 9.97 Å². The van der Waals surface area contributed by atoms with Gasteiger partial charge in [0, 0.05) is 50.6 Å². The number of anilines is 2. The molecule has 0 bridgehead atoms. The molecule has 8 nitrogen and oxygen atoms in total. The molecule has 0 saturated carbocycles. The number of likely N-dealkylation sites (N-methyl/N-ethyl adjacent to an activating group) is 1. The molecule has 1 aliphatic heterocycles. The molecule has 0 unspecified atom stereocenters. The van der Waals surface area contributed by atoms with Crippen LogP contribution in [0.25, 0.3) is 0 Å². The van der Waals surface area contributed by atoms with E-state index in [4.69, 9.17) is 10.5 Å². The van der Waals surface area contributed by atoms with Gasteiger partial charge in [0.2, 0.25) is 11.8 Å². The van der Waals surface area contributed by atoms with Crippen molar-refractivity contribution in [3.05, 3.63) is 24.3 Å². The first kappa shape index (κ1) is 19.4. The van der Waals surface area contributed by atoms with E-state index >= 15 is 0 Å². The van der Waals surface area contributed by atoms with Crippen molar-refractivity contribution in [2.75, 3.05) is 44.4 Å². The summed E-state index contributed by atoms with van der Waals surface area (Å²) in [7, 11) is 4.19. The number of nitrogens with zero attached hydrogens (tertiary/aromatic N) is 6. The highest BCUT2D eigenvalue weighted by atomic mass is 16.5. The maximum absolute atomic E-state index is 5.91. The number of nitrogens with two attached hydrogens (primary N) is 1. The summed E-state index contributed by atoms with van der Waals surface area (Å²) >= 11 is 0. The largest absolute Gasteiger partial charge is 0.475 e. The number of aromatic nitrogens is 4. The summed E-state index contributed by atoms with van der Waals surface area (Å²) in [6, 6.07) is 1.89. The molecule has 3 rings (SSSR count). The molecular formula is C19H31N7O. The van der Waals surface area contributed by atoms with Crippen molar-refractivity contribution in [2.24, 2.45) is 0 Å². The zero-order chi connectivity index (χ0) is 19.4. The van der Waals surface area contributed by atoms with Crippen LogP contribution in [0, 0.1) is 0 Å². The molecular weight excluding hydrogens is 342 g/mol. The van der Waals surface area contributed by atoms with Gasteiger partial charge in [0.1, 0.15) is 11.6 Å². The van der Waals surface area contributed by atoms with Crippen molar-refractivity contribution in [1.82, 2.24) is 24.4 Å². The van der Waals surface area contributed by atoms with Crippen molar-refractivity contribution < 1.29 is 4.74 Å². The Morgan fingerprint density at radius 2 is 2.15 bits per heavy atom. The number of hydrogen-bond donors (Lipinski definition) is 1. The number of ether oxygens (including phenoxy) is 1. The van der Waals surface area contributed by atoms with Gasteiger partial charge in [-0.05, 0) is 40.8 Å². The molecule has 0 radical (unpaired) electrons. The number of nitrogen functional groups attached to an aromatic ring is 1. The van der Waals surface area contributed by atoms with Crippen LogP contribution >= 0.6 is 0 Å². The SMILES string of the molecule is CC(C)Oc1cc(N2CCC[C@@H](c3nccn3CCN(C)C)C2)nc(N)n1. The van der Waals surface area contributed by atoms with E-state index in [1.807, 2.05) is 26.1 Å². The summed E-state index contributed by atoms with van der Waals surface area (Å²) in [5, 5.41) is 0. The van der Waals surface area contributed by atoms with E-state index in [0.717, 1.165) is 50.7 Å². The Balaban J connectivity index is 1.75. The molecule has 2 aromatic heterocycles.